The summed E-state index contributed by atoms with van der Waals surface area (Å²) in [5, 5.41) is 0. The summed E-state index contributed by atoms with van der Waals surface area (Å²) < 4.78 is 12.6. The number of fused-ring (bicyclic) bond motifs is 5. The molecule has 5 heteroatoms. The number of rotatable bonds is 6. The molecule has 4 aliphatic rings. The van der Waals surface area contributed by atoms with Gasteiger partial charge in [-0.25, -0.2) is 0 Å². The second-order valence-electron chi connectivity index (χ2n) is 14.3. The van der Waals surface area contributed by atoms with E-state index in [-0.39, 0.29) is 11.3 Å². The van der Waals surface area contributed by atoms with Gasteiger partial charge in [0.25, 0.3) is 0 Å². The first kappa shape index (κ1) is 25.1. The van der Waals surface area contributed by atoms with Gasteiger partial charge in [0.1, 0.15) is 0 Å². The summed E-state index contributed by atoms with van der Waals surface area (Å²) in [6.45, 7) is 19.1. The quantitative estimate of drug-likeness (QED) is 0.376. The van der Waals surface area contributed by atoms with Gasteiger partial charge in [-0.1, -0.05) is 13.8 Å². The summed E-state index contributed by atoms with van der Waals surface area (Å²) in [5.41, 5.74) is 0.703. The molecule has 8 atom stereocenters. The van der Waals surface area contributed by atoms with Crippen molar-refractivity contribution in [3.8, 4) is 0 Å². The van der Waals surface area contributed by atoms with Crippen LogP contribution in [0.25, 0.3) is 0 Å². The summed E-state index contributed by atoms with van der Waals surface area (Å²) in [6.07, 6.45) is 12.1. The molecule has 4 rings (SSSR count). The molecule has 0 radical (unpaired) electrons. The fourth-order valence-corrected chi connectivity index (χ4v) is 10.5. The molecule has 0 aromatic heterocycles. The Labute approximate surface area is 200 Å². The van der Waals surface area contributed by atoms with E-state index in [0.29, 0.717) is 23.9 Å². The number of hydrogen-bond donors (Lipinski definition) is 0. The predicted octanol–water partition coefficient (Wildman–Crippen LogP) is 7.29. The number of Topliss-reactive ketones (excluding diaryl/α,β-unsaturated/α-hetero) is 1. The number of carbonyl (C=O) groups excluding carboxylic acids is 1. The van der Waals surface area contributed by atoms with E-state index in [1.807, 2.05) is 0 Å². The molecule has 4 saturated carbocycles. The monoisotopic (exact) mass is 478 g/mol. The molecule has 0 aromatic rings. The van der Waals surface area contributed by atoms with Gasteiger partial charge in [-0.3, -0.25) is 4.79 Å². The molecule has 184 valence electrons. The fraction of sp³-hybridized carbons (Fsp3) is 0.963. The summed E-state index contributed by atoms with van der Waals surface area (Å²) >= 11 is 0. The minimum atomic E-state index is -1.65. The highest BCUT2D eigenvalue weighted by molar-refractivity contribution is 6.70. The molecule has 0 amide bonds. The van der Waals surface area contributed by atoms with E-state index in [2.05, 4.69) is 53.1 Å². The van der Waals surface area contributed by atoms with Crippen LogP contribution in [-0.4, -0.2) is 35.1 Å². The second-order valence-corrected chi connectivity index (χ2v) is 23.3. The Bertz CT molecular complexity index is 711. The van der Waals surface area contributed by atoms with E-state index < -0.39 is 16.6 Å². The first-order valence-electron chi connectivity index (χ1n) is 13.6. The van der Waals surface area contributed by atoms with Gasteiger partial charge < -0.3 is 8.85 Å². The van der Waals surface area contributed by atoms with E-state index in [1.54, 1.807) is 0 Å². The molecule has 4 aliphatic carbocycles. The van der Waals surface area contributed by atoms with Crippen molar-refractivity contribution in [1.82, 2.24) is 0 Å². The van der Waals surface area contributed by atoms with Crippen LogP contribution >= 0.6 is 0 Å². The van der Waals surface area contributed by atoms with Crippen LogP contribution in [0.2, 0.25) is 39.3 Å². The number of carbonyl (C=O) groups is 1. The van der Waals surface area contributed by atoms with Gasteiger partial charge in [0.05, 0.1) is 6.61 Å². The molecule has 3 nitrogen and oxygen atoms in total. The van der Waals surface area contributed by atoms with Crippen LogP contribution in [0.5, 0.6) is 0 Å². The lowest BCUT2D eigenvalue weighted by Gasteiger charge is -2.61. The Morgan fingerprint density at radius 3 is 2.12 bits per heavy atom. The molecule has 0 spiro atoms. The largest absolute Gasteiger partial charge is 0.415 e. The molecule has 0 N–H and O–H groups in total. The first-order chi connectivity index (χ1) is 14.7. The average Bonchev–Trinajstić information content (AvgIpc) is 3.02. The van der Waals surface area contributed by atoms with E-state index in [0.717, 1.165) is 30.1 Å². The maximum absolute atomic E-state index is 13.2. The van der Waals surface area contributed by atoms with Crippen molar-refractivity contribution in [1.29, 1.82) is 0 Å². The van der Waals surface area contributed by atoms with Gasteiger partial charge in [0, 0.05) is 12.0 Å². The highest BCUT2D eigenvalue weighted by Gasteiger charge is 2.61. The van der Waals surface area contributed by atoms with Crippen molar-refractivity contribution < 1.29 is 13.6 Å². The lowest BCUT2D eigenvalue weighted by atomic mass is 9.44. The summed E-state index contributed by atoms with van der Waals surface area (Å²) in [6, 6.07) is 0. The van der Waals surface area contributed by atoms with Crippen molar-refractivity contribution in [3.05, 3.63) is 0 Å². The highest BCUT2D eigenvalue weighted by Crippen LogP contribution is 2.67. The molecule has 0 aliphatic heterocycles. The van der Waals surface area contributed by atoms with E-state index in [4.69, 9.17) is 8.85 Å². The molecular weight excluding hydrogens is 428 g/mol. The van der Waals surface area contributed by atoms with Gasteiger partial charge in [-0.15, -0.1) is 0 Å². The van der Waals surface area contributed by atoms with E-state index >= 15 is 0 Å². The van der Waals surface area contributed by atoms with Crippen molar-refractivity contribution in [2.24, 2.45) is 40.4 Å². The number of hydrogen-bond acceptors (Lipinski definition) is 3. The molecule has 0 bridgehead atoms. The minimum Gasteiger partial charge on any atom is -0.415 e. The first-order valence-corrected chi connectivity index (χ1v) is 20.4. The zero-order chi connectivity index (χ0) is 23.5. The fourth-order valence-electron chi connectivity index (χ4n) is 8.74. The minimum absolute atomic E-state index is 0.211. The van der Waals surface area contributed by atoms with Crippen molar-refractivity contribution in [3.63, 3.8) is 0 Å². The SMILES string of the molecule is C[C@]12CC[C@@H](O[Si](C)(C)C)C[C@@H]1CC[C@@H]1[C@@H]2CC[C@]2(C)[C@@H](C(=O)CO[Si](C)(C)C)CC[C@@H]12. The van der Waals surface area contributed by atoms with Gasteiger partial charge in [0.15, 0.2) is 22.4 Å². The topological polar surface area (TPSA) is 35.5 Å². The van der Waals surface area contributed by atoms with Crippen LogP contribution in [0, 0.1) is 40.4 Å². The van der Waals surface area contributed by atoms with Crippen molar-refractivity contribution in [2.45, 2.75) is 117 Å². The summed E-state index contributed by atoms with van der Waals surface area (Å²) in [7, 11) is -3.11. The third-order valence-electron chi connectivity index (χ3n) is 10.2. The molecule has 0 heterocycles. The average molecular weight is 479 g/mol. The lowest BCUT2D eigenvalue weighted by molar-refractivity contribution is -0.140. The molecule has 4 fully saturated rings. The van der Waals surface area contributed by atoms with Crippen LogP contribution < -0.4 is 0 Å². The van der Waals surface area contributed by atoms with Crippen LogP contribution in [0.1, 0.15) is 71.6 Å². The lowest BCUT2D eigenvalue weighted by Crippen LogP contribution is -2.55. The Morgan fingerprint density at radius 1 is 0.812 bits per heavy atom. The normalized spacial score (nSPS) is 44.5. The Kier molecular flexibility index (Phi) is 6.75. The molecule has 0 aromatic carbocycles. The summed E-state index contributed by atoms with van der Waals surface area (Å²) in [4.78, 5) is 13.2. The van der Waals surface area contributed by atoms with E-state index in [9.17, 15) is 4.79 Å². The van der Waals surface area contributed by atoms with Crippen LogP contribution in [0.4, 0.5) is 0 Å². The maximum atomic E-state index is 13.2. The smallest absolute Gasteiger partial charge is 0.184 e. The standard InChI is InChI=1S/C27H50O3Si2/c1-26-15-13-20(30-32(6,7)8)17-19(26)9-10-21-22-11-12-24(25(28)18-29-31(3,4)5)27(22,2)16-14-23(21)26/h19-24H,9-18H2,1-8H3/t19-,20+,21-,22-,23-,24+,26-,27-/m0/s1. The highest BCUT2D eigenvalue weighted by atomic mass is 28.4. The third kappa shape index (κ3) is 4.74. The Balaban J connectivity index is 1.45. The van der Waals surface area contributed by atoms with Gasteiger partial charge in [-0.2, -0.15) is 0 Å². The van der Waals surface area contributed by atoms with Crippen molar-refractivity contribution in [2.75, 3.05) is 6.61 Å². The zero-order valence-corrected chi connectivity index (χ0v) is 24.3. The Morgan fingerprint density at radius 2 is 1.47 bits per heavy atom. The Hall–Kier alpha value is 0.0238. The third-order valence-corrected chi connectivity index (χ3v) is 12.2. The van der Waals surface area contributed by atoms with Gasteiger partial charge >= 0.3 is 0 Å². The predicted molar refractivity (Wildman–Crippen MR) is 138 cm³/mol. The second kappa shape index (κ2) is 8.60. The van der Waals surface area contributed by atoms with Crippen LogP contribution in [-0.2, 0) is 13.6 Å². The van der Waals surface area contributed by atoms with Crippen molar-refractivity contribution >= 4 is 22.4 Å². The molecular formula is C27H50O3Si2. The van der Waals surface area contributed by atoms with Gasteiger partial charge in [0.2, 0.25) is 0 Å². The van der Waals surface area contributed by atoms with Crippen LogP contribution in [0.3, 0.4) is 0 Å². The molecule has 32 heavy (non-hydrogen) atoms. The summed E-state index contributed by atoms with van der Waals surface area (Å²) in [5.74, 6) is 3.92. The maximum Gasteiger partial charge on any atom is 0.184 e. The van der Waals surface area contributed by atoms with Crippen LogP contribution in [0.15, 0.2) is 0 Å². The van der Waals surface area contributed by atoms with Gasteiger partial charge in [-0.05, 0) is 132 Å². The molecule has 0 saturated heterocycles. The zero-order valence-electron chi connectivity index (χ0n) is 22.3. The van der Waals surface area contributed by atoms with E-state index in [1.165, 1.54) is 51.4 Å². The number of ketones is 1. The molecule has 0 unspecified atom stereocenters.